The molecule has 3 aromatic rings. The minimum Gasteiger partial charge on any atom is -0.473 e. The van der Waals surface area contributed by atoms with E-state index in [2.05, 4.69) is 20.3 Å². The second kappa shape index (κ2) is 7.94. The highest BCUT2D eigenvalue weighted by molar-refractivity contribution is 7.98. The molecule has 3 rings (SSSR count). The lowest BCUT2D eigenvalue weighted by atomic mass is 10.2. The van der Waals surface area contributed by atoms with Crippen molar-refractivity contribution in [2.75, 3.05) is 19.0 Å². The van der Waals surface area contributed by atoms with Gasteiger partial charge < -0.3 is 15.2 Å². The first-order valence-corrected chi connectivity index (χ1v) is 9.37. The SMILES string of the molecule is COc1nc2nc(SCc3ccccc3F)nc(N[C@H](C)CO)c2s1. The van der Waals surface area contributed by atoms with Gasteiger partial charge in [-0.1, -0.05) is 41.3 Å². The number of nitrogens with one attached hydrogen (secondary N) is 1. The Morgan fingerprint density at radius 2 is 2.12 bits per heavy atom. The molecule has 0 spiro atoms. The van der Waals surface area contributed by atoms with Gasteiger partial charge in [-0.05, 0) is 18.6 Å². The Morgan fingerprint density at radius 1 is 1.32 bits per heavy atom. The summed E-state index contributed by atoms with van der Waals surface area (Å²) in [4.78, 5) is 13.2. The van der Waals surface area contributed by atoms with Crippen molar-refractivity contribution in [3.05, 3.63) is 35.6 Å². The lowest BCUT2D eigenvalue weighted by Crippen LogP contribution is -2.20. The number of fused-ring (bicyclic) bond motifs is 1. The molecule has 0 aliphatic heterocycles. The first kappa shape index (κ1) is 17.8. The summed E-state index contributed by atoms with van der Waals surface area (Å²) in [6, 6.07) is 6.45. The molecular formula is C16H17FN4O2S2. The number of thioether (sulfide) groups is 1. The van der Waals surface area contributed by atoms with Crippen LogP contribution in [0.2, 0.25) is 0 Å². The molecule has 9 heteroatoms. The van der Waals surface area contributed by atoms with Gasteiger partial charge in [-0.2, -0.15) is 4.98 Å². The summed E-state index contributed by atoms with van der Waals surface area (Å²) in [6.07, 6.45) is 0. The van der Waals surface area contributed by atoms with Crippen molar-refractivity contribution in [1.29, 1.82) is 0 Å². The third-order valence-electron chi connectivity index (χ3n) is 3.36. The van der Waals surface area contributed by atoms with E-state index in [0.29, 0.717) is 33.1 Å². The molecule has 0 aliphatic rings. The van der Waals surface area contributed by atoms with Crippen LogP contribution in [0.1, 0.15) is 12.5 Å². The molecule has 0 unspecified atom stereocenters. The van der Waals surface area contributed by atoms with Crippen LogP contribution in [0.25, 0.3) is 10.3 Å². The molecule has 25 heavy (non-hydrogen) atoms. The molecule has 132 valence electrons. The quantitative estimate of drug-likeness (QED) is 0.481. The smallest absolute Gasteiger partial charge is 0.275 e. The normalized spacial score (nSPS) is 12.3. The molecular weight excluding hydrogens is 363 g/mol. The molecule has 1 aromatic carbocycles. The lowest BCUT2D eigenvalue weighted by molar-refractivity contribution is 0.281. The second-order valence-electron chi connectivity index (χ2n) is 5.30. The minimum absolute atomic E-state index is 0.0286. The number of halogens is 1. The number of benzene rings is 1. The monoisotopic (exact) mass is 380 g/mol. The van der Waals surface area contributed by atoms with E-state index < -0.39 is 0 Å². The van der Waals surface area contributed by atoms with Crippen LogP contribution < -0.4 is 10.1 Å². The number of anilines is 1. The molecule has 0 radical (unpaired) electrons. The highest BCUT2D eigenvalue weighted by Gasteiger charge is 2.16. The van der Waals surface area contributed by atoms with Gasteiger partial charge in [-0.15, -0.1) is 0 Å². The third kappa shape index (κ3) is 4.17. The summed E-state index contributed by atoms with van der Waals surface area (Å²) in [5, 5.41) is 13.4. The van der Waals surface area contributed by atoms with Gasteiger partial charge >= 0.3 is 0 Å². The van der Waals surface area contributed by atoms with Crippen LogP contribution in [-0.4, -0.2) is 39.8 Å². The number of nitrogens with zero attached hydrogens (tertiary/aromatic N) is 3. The molecule has 0 saturated carbocycles. The molecule has 0 saturated heterocycles. The van der Waals surface area contributed by atoms with E-state index >= 15 is 0 Å². The van der Waals surface area contributed by atoms with Crippen molar-refractivity contribution >= 4 is 39.3 Å². The van der Waals surface area contributed by atoms with Gasteiger partial charge in [0.15, 0.2) is 16.6 Å². The van der Waals surface area contributed by atoms with E-state index in [1.54, 1.807) is 25.3 Å². The van der Waals surface area contributed by atoms with Crippen LogP contribution in [0.15, 0.2) is 29.4 Å². The Bertz CT molecular complexity index is 874. The lowest BCUT2D eigenvalue weighted by Gasteiger charge is -2.12. The Kier molecular flexibility index (Phi) is 5.67. The number of aliphatic hydroxyl groups excluding tert-OH is 1. The number of aromatic nitrogens is 3. The average Bonchev–Trinajstić information content (AvgIpc) is 3.04. The number of rotatable bonds is 7. The largest absolute Gasteiger partial charge is 0.473 e. The minimum atomic E-state index is -0.251. The molecule has 2 aromatic heterocycles. The van der Waals surface area contributed by atoms with Crippen molar-refractivity contribution < 1.29 is 14.2 Å². The molecule has 0 bridgehead atoms. The van der Waals surface area contributed by atoms with Crippen LogP contribution in [0.4, 0.5) is 10.2 Å². The zero-order valence-corrected chi connectivity index (χ0v) is 15.3. The maximum atomic E-state index is 13.8. The Hall–Kier alpha value is -1.97. The van der Waals surface area contributed by atoms with Crippen molar-refractivity contribution in [2.45, 2.75) is 23.9 Å². The highest BCUT2D eigenvalue weighted by atomic mass is 32.2. The van der Waals surface area contributed by atoms with Crippen LogP contribution in [-0.2, 0) is 5.75 Å². The molecule has 0 aliphatic carbocycles. The van der Waals surface area contributed by atoms with Crippen LogP contribution in [0, 0.1) is 5.82 Å². The van der Waals surface area contributed by atoms with E-state index in [4.69, 9.17) is 4.74 Å². The van der Waals surface area contributed by atoms with E-state index in [1.807, 2.05) is 6.92 Å². The molecule has 0 amide bonds. The first-order chi connectivity index (χ1) is 12.1. The summed E-state index contributed by atoms with van der Waals surface area (Å²) in [5.41, 5.74) is 1.10. The standard InChI is InChI=1S/C16H17FN4O2S2/c1-9(7-22)18-13-12-14(21-16(23-2)25-12)20-15(19-13)24-8-10-5-3-4-6-11(10)17/h3-6,9,22H,7-8H2,1-2H3,(H,18,19,20)/t9-/m1/s1. The fourth-order valence-electron chi connectivity index (χ4n) is 2.07. The third-order valence-corrected chi connectivity index (χ3v) is 5.27. The van der Waals surface area contributed by atoms with E-state index in [-0.39, 0.29) is 18.5 Å². The van der Waals surface area contributed by atoms with Gasteiger partial charge in [0.25, 0.3) is 5.19 Å². The van der Waals surface area contributed by atoms with Crippen molar-refractivity contribution in [2.24, 2.45) is 0 Å². The van der Waals surface area contributed by atoms with E-state index in [9.17, 15) is 9.50 Å². The van der Waals surface area contributed by atoms with Crippen molar-refractivity contribution in [3.8, 4) is 5.19 Å². The number of hydrogen-bond donors (Lipinski definition) is 2. The van der Waals surface area contributed by atoms with Gasteiger partial charge in [0.1, 0.15) is 10.5 Å². The number of methoxy groups -OCH3 is 1. The Labute approximate surface area is 152 Å². The number of thiazole rings is 1. The zero-order chi connectivity index (χ0) is 17.8. The van der Waals surface area contributed by atoms with Gasteiger partial charge in [0, 0.05) is 11.8 Å². The van der Waals surface area contributed by atoms with Gasteiger partial charge in [0.05, 0.1) is 13.7 Å². The maximum Gasteiger partial charge on any atom is 0.275 e. The summed E-state index contributed by atoms with van der Waals surface area (Å²) in [6.45, 7) is 1.82. The zero-order valence-electron chi connectivity index (χ0n) is 13.7. The second-order valence-corrected chi connectivity index (χ2v) is 7.20. The summed E-state index contributed by atoms with van der Waals surface area (Å²) in [7, 11) is 1.54. The molecule has 6 nitrogen and oxygen atoms in total. The van der Waals surface area contributed by atoms with Crippen LogP contribution in [0.3, 0.4) is 0 Å². The Morgan fingerprint density at radius 3 is 2.84 bits per heavy atom. The molecule has 1 atom stereocenters. The number of ether oxygens (including phenoxy) is 1. The summed E-state index contributed by atoms with van der Waals surface area (Å²) < 4.78 is 19.7. The summed E-state index contributed by atoms with van der Waals surface area (Å²) in [5.74, 6) is 0.746. The van der Waals surface area contributed by atoms with Crippen LogP contribution in [0.5, 0.6) is 5.19 Å². The predicted molar refractivity (Wildman–Crippen MR) is 97.9 cm³/mol. The topological polar surface area (TPSA) is 80.2 Å². The van der Waals surface area contributed by atoms with Gasteiger partial charge in [-0.3, -0.25) is 0 Å². The van der Waals surface area contributed by atoms with E-state index in [0.717, 1.165) is 4.70 Å². The van der Waals surface area contributed by atoms with Crippen molar-refractivity contribution in [3.63, 3.8) is 0 Å². The molecule has 2 N–H and O–H groups in total. The fourth-order valence-corrected chi connectivity index (χ4v) is 3.67. The van der Waals surface area contributed by atoms with Gasteiger partial charge in [-0.25, -0.2) is 14.4 Å². The predicted octanol–water partition coefficient (Wildman–Crippen LogP) is 3.32. The van der Waals surface area contributed by atoms with E-state index in [1.165, 1.54) is 29.2 Å². The summed E-state index contributed by atoms with van der Waals surface area (Å²) >= 11 is 2.66. The average molecular weight is 380 g/mol. The number of aliphatic hydroxyl groups is 1. The maximum absolute atomic E-state index is 13.8. The first-order valence-electron chi connectivity index (χ1n) is 7.57. The highest BCUT2D eigenvalue weighted by Crippen LogP contribution is 2.34. The van der Waals surface area contributed by atoms with Crippen LogP contribution >= 0.6 is 23.1 Å². The Balaban J connectivity index is 1.90. The number of hydrogen-bond acceptors (Lipinski definition) is 8. The van der Waals surface area contributed by atoms with Crippen molar-refractivity contribution in [1.82, 2.24) is 15.0 Å². The fraction of sp³-hybridized carbons (Fsp3) is 0.312. The van der Waals surface area contributed by atoms with Gasteiger partial charge in [0.2, 0.25) is 0 Å². The molecule has 2 heterocycles. The molecule has 0 fully saturated rings.